The maximum absolute atomic E-state index is 6.20. The Morgan fingerprint density at radius 2 is 1.85 bits per heavy atom. The van der Waals surface area contributed by atoms with Gasteiger partial charge in [-0.3, -0.25) is 4.68 Å². The summed E-state index contributed by atoms with van der Waals surface area (Å²) in [6, 6.07) is 0. The van der Waals surface area contributed by atoms with Gasteiger partial charge in [-0.1, -0.05) is 25.9 Å². The van der Waals surface area contributed by atoms with Crippen LogP contribution in [0.1, 0.15) is 57.1 Å². The molecule has 2 aromatic heterocycles. The lowest BCUT2D eigenvalue weighted by atomic mass is 9.49. The standard InChI is InChI=1S/C20H28N4O3/c1-12-21-17(27-23-12)15-13-6-7-14-18(2,3)20(25-10-11-26-20)9-8-19(14,4)16(13)22-24(15)5/h14H,6-11H2,1-5H3. The van der Waals surface area contributed by atoms with E-state index in [1.165, 1.54) is 11.3 Å². The van der Waals surface area contributed by atoms with Crippen LogP contribution in [0.25, 0.3) is 11.6 Å². The lowest BCUT2D eigenvalue weighted by Gasteiger charge is -2.59. The van der Waals surface area contributed by atoms with Gasteiger partial charge in [0.1, 0.15) is 5.69 Å². The maximum Gasteiger partial charge on any atom is 0.276 e. The molecular formula is C20H28N4O3. The zero-order chi connectivity index (χ0) is 19.0. The van der Waals surface area contributed by atoms with Gasteiger partial charge in [0.2, 0.25) is 0 Å². The number of ether oxygens (including phenoxy) is 2. The zero-order valence-corrected chi connectivity index (χ0v) is 16.8. The van der Waals surface area contributed by atoms with Crippen molar-refractivity contribution in [2.75, 3.05) is 13.2 Å². The highest BCUT2D eigenvalue weighted by Crippen LogP contribution is 2.62. The van der Waals surface area contributed by atoms with E-state index >= 15 is 0 Å². The van der Waals surface area contributed by atoms with Gasteiger partial charge in [-0.15, -0.1) is 0 Å². The molecule has 0 bridgehead atoms. The Bertz CT molecular complexity index is 893. The Morgan fingerprint density at radius 3 is 2.52 bits per heavy atom. The second kappa shape index (κ2) is 5.41. The molecule has 1 saturated carbocycles. The zero-order valence-electron chi connectivity index (χ0n) is 16.8. The van der Waals surface area contributed by atoms with Crippen LogP contribution in [0.5, 0.6) is 0 Å². The van der Waals surface area contributed by atoms with Crippen molar-refractivity contribution in [1.82, 2.24) is 19.9 Å². The quantitative estimate of drug-likeness (QED) is 0.765. The third-order valence-electron chi connectivity index (χ3n) is 7.45. The van der Waals surface area contributed by atoms with E-state index in [9.17, 15) is 0 Å². The van der Waals surface area contributed by atoms with Gasteiger partial charge in [-0.25, -0.2) is 0 Å². The van der Waals surface area contributed by atoms with Crippen molar-refractivity contribution >= 4 is 0 Å². The van der Waals surface area contributed by atoms with Gasteiger partial charge in [-0.05, 0) is 32.1 Å². The minimum absolute atomic E-state index is 0.0112. The summed E-state index contributed by atoms with van der Waals surface area (Å²) < 4.78 is 19.8. The molecule has 146 valence electrons. The fraction of sp³-hybridized carbons (Fsp3) is 0.750. The predicted molar refractivity (Wildman–Crippen MR) is 98.1 cm³/mol. The normalized spacial score (nSPS) is 31.1. The van der Waals surface area contributed by atoms with E-state index in [0.29, 0.717) is 30.8 Å². The van der Waals surface area contributed by atoms with Crippen LogP contribution < -0.4 is 0 Å². The predicted octanol–water partition coefficient (Wildman–Crippen LogP) is 3.16. The average Bonchev–Trinajstić information content (AvgIpc) is 3.31. The van der Waals surface area contributed by atoms with Crippen molar-refractivity contribution in [3.63, 3.8) is 0 Å². The van der Waals surface area contributed by atoms with Crippen LogP contribution in [0.4, 0.5) is 0 Å². The molecule has 0 amide bonds. The van der Waals surface area contributed by atoms with E-state index in [1.54, 1.807) is 0 Å². The second-order valence-electron chi connectivity index (χ2n) is 9.13. The monoisotopic (exact) mass is 372 g/mol. The van der Waals surface area contributed by atoms with E-state index in [0.717, 1.165) is 31.4 Å². The molecule has 5 rings (SSSR count). The van der Waals surface area contributed by atoms with Gasteiger partial charge in [0.15, 0.2) is 11.6 Å². The molecule has 2 aliphatic carbocycles. The van der Waals surface area contributed by atoms with Crippen LogP contribution in [0.2, 0.25) is 0 Å². The van der Waals surface area contributed by atoms with Crippen LogP contribution in [-0.2, 0) is 28.4 Å². The Kier molecular flexibility index (Phi) is 3.48. The van der Waals surface area contributed by atoms with Gasteiger partial charge in [0.05, 0.1) is 18.9 Å². The third kappa shape index (κ3) is 2.12. The van der Waals surface area contributed by atoms with E-state index in [4.69, 9.17) is 19.1 Å². The van der Waals surface area contributed by atoms with E-state index in [2.05, 4.69) is 30.9 Å². The topological polar surface area (TPSA) is 75.2 Å². The molecule has 27 heavy (non-hydrogen) atoms. The summed E-state index contributed by atoms with van der Waals surface area (Å²) in [4.78, 5) is 4.46. The van der Waals surface area contributed by atoms with Gasteiger partial charge in [-0.2, -0.15) is 10.1 Å². The Hall–Kier alpha value is -1.73. The van der Waals surface area contributed by atoms with Crippen molar-refractivity contribution in [2.24, 2.45) is 18.4 Å². The summed E-state index contributed by atoms with van der Waals surface area (Å²) in [5.74, 6) is 1.21. The molecule has 7 heteroatoms. The molecule has 0 radical (unpaired) electrons. The van der Waals surface area contributed by atoms with Gasteiger partial charge >= 0.3 is 0 Å². The highest BCUT2D eigenvalue weighted by Gasteiger charge is 2.64. The molecule has 1 saturated heterocycles. The number of hydrogen-bond donors (Lipinski definition) is 0. The highest BCUT2D eigenvalue weighted by molar-refractivity contribution is 5.58. The molecular weight excluding hydrogens is 344 g/mol. The fourth-order valence-electron chi connectivity index (χ4n) is 6.13. The van der Waals surface area contributed by atoms with Crippen molar-refractivity contribution < 1.29 is 14.0 Å². The fourth-order valence-corrected chi connectivity index (χ4v) is 6.13. The first kappa shape index (κ1) is 17.4. The molecule has 3 heterocycles. The van der Waals surface area contributed by atoms with Crippen LogP contribution >= 0.6 is 0 Å². The Labute approximate surface area is 159 Å². The number of hydrogen-bond acceptors (Lipinski definition) is 6. The SMILES string of the molecule is Cc1noc(-c2c3c(nn2C)C2(C)CCC4(OCCO4)C(C)(C)C2CC3)n1. The van der Waals surface area contributed by atoms with Crippen molar-refractivity contribution in [3.05, 3.63) is 17.1 Å². The number of aryl methyl sites for hydroxylation is 2. The summed E-state index contributed by atoms with van der Waals surface area (Å²) in [5, 5.41) is 8.95. The van der Waals surface area contributed by atoms with Crippen LogP contribution in [0.15, 0.2) is 4.52 Å². The minimum atomic E-state index is -0.449. The molecule has 1 aliphatic heterocycles. The van der Waals surface area contributed by atoms with Crippen molar-refractivity contribution in [1.29, 1.82) is 0 Å². The third-order valence-corrected chi connectivity index (χ3v) is 7.45. The Balaban J connectivity index is 1.61. The van der Waals surface area contributed by atoms with Crippen molar-refractivity contribution in [3.8, 4) is 11.6 Å². The van der Waals surface area contributed by atoms with Crippen LogP contribution in [0.3, 0.4) is 0 Å². The number of aromatic nitrogens is 4. The van der Waals surface area contributed by atoms with E-state index < -0.39 is 5.79 Å². The van der Waals surface area contributed by atoms with E-state index in [-0.39, 0.29) is 10.8 Å². The van der Waals surface area contributed by atoms with Gasteiger partial charge in [0, 0.05) is 29.9 Å². The minimum Gasteiger partial charge on any atom is -0.347 e. The first-order valence-electron chi connectivity index (χ1n) is 9.93. The number of rotatable bonds is 1. The molecule has 0 aromatic carbocycles. The first-order valence-corrected chi connectivity index (χ1v) is 9.93. The molecule has 3 aliphatic rings. The maximum atomic E-state index is 6.20. The molecule has 2 fully saturated rings. The number of fused-ring (bicyclic) bond motifs is 3. The molecule has 2 unspecified atom stereocenters. The largest absolute Gasteiger partial charge is 0.347 e. The van der Waals surface area contributed by atoms with Gasteiger partial charge < -0.3 is 14.0 Å². The summed E-state index contributed by atoms with van der Waals surface area (Å²) >= 11 is 0. The van der Waals surface area contributed by atoms with Gasteiger partial charge in [0.25, 0.3) is 5.89 Å². The lowest BCUT2D eigenvalue weighted by Crippen LogP contribution is -2.61. The molecule has 0 N–H and O–H groups in total. The van der Waals surface area contributed by atoms with E-state index in [1.807, 2.05) is 18.7 Å². The highest BCUT2D eigenvalue weighted by atomic mass is 16.7. The molecule has 2 aromatic rings. The summed E-state index contributed by atoms with van der Waals surface area (Å²) in [6.45, 7) is 10.2. The summed E-state index contributed by atoms with van der Waals surface area (Å²) in [6.07, 6.45) is 3.95. The van der Waals surface area contributed by atoms with Crippen molar-refractivity contribution in [2.45, 2.75) is 64.6 Å². The first-order chi connectivity index (χ1) is 12.8. The smallest absolute Gasteiger partial charge is 0.276 e. The molecule has 7 nitrogen and oxygen atoms in total. The second-order valence-corrected chi connectivity index (χ2v) is 9.13. The number of nitrogens with zero attached hydrogens (tertiary/aromatic N) is 4. The average molecular weight is 372 g/mol. The molecule has 2 atom stereocenters. The van der Waals surface area contributed by atoms with Crippen LogP contribution in [-0.4, -0.2) is 38.9 Å². The molecule has 1 spiro atoms. The Morgan fingerprint density at radius 1 is 1.11 bits per heavy atom. The van der Waals surface area contributed by atoms with Crippen LogP contribution in [0, 0.1) is 18.3 Å². The summed E-state index contributed by atoms with van der Waals surface area (Å²) in [5.41, 5.74) is 3.33. The summed E-state index contributed by atoms with van der Waals surface area (Å²) in [7, 11) is 1.98. The lowest BCUT2D eigenvalue weighted by molar-refractivity contribution is -0.276.